The summed E-state index contributed by atoms with van der Waals surface area (Å²) in [5.41, 5.74) is 2.27. The molecule has 0 spiro atoms. The number of benzene rings is 1. The average Bonchev–Trinajstić information content (AvgIpc) is 2.76. The SMILES string of the molecule is CCOc1cccc(CNCc2ccn(C)n2)c1. The molecule has 0 saturated heterocycles. The molecule has 2 rings (SSSR count). The second-order valence-electron chi connectivity index (χ2n) is 4.16. The van der Waals surface area contributed by atoms with Crippen LogP contribution in [0.25, 0.3) is 0 Å². The molecule has 0 saturated carbocycles. The highest BCUT2D eigenvalue weighted by atomic mass is 16.5. The molecule has 4 heteroatoms. The molecule has 96 valence electrons. The summed E-state index contributed by atoms with van der Waals surface area (Å²) in [6.07, 6.45) is 1.95. The van der Waals surface area contributed by atoms with Crippen LogP contribution in [-0.4, -0.2) is 16.4 Å². The van der Waals surface area contributed by atoms with E-state index in [1.54, 1.807) is 0 Å². The van der Waals surface area contributed by atoms with Crippen LogP contribution in [0.1, 0.15) is 18.2 Å². The van der Waals surface area contributed by atoms with Crippen LogP contribution in [0, 0.1) is 0 Å². The van der Waals surface area contributed by atoms with E-state index in [0.29, 0.717) is 6.61 Å². The van der Waals surface area contributed by atoms with Gasteiger partial charge in [0.25, 0.3) is 0 Å². The number of hydrogen-bond acceptors (Lipinski definition) is 3. The van der Waals surface area contributed by atoms with Crippen LogP contribution in [0.2, 0.25) is 0 Å². The largest absolute Gasteiger partial charge is 0.494 e. The van der Waals surface area contributed by atoms with Crippen molar-refractivity contribution >= 4 is 0 Å². The summed E-state index contributed by atoms with van der Waals surface area (Å²) in [6.45, 7) is 4.29. The Hall–Kier alpha value is -1.81. The van der Waals surface area contributed by atoms with Crippen LogP contribution in [0.5, 0.6) is 5.75 Å². The van der Waals surface area contributed by atoms with Crippen LogP contribution in [0.3, 0.4) is 0 Å². The highest BCUT2D eigenvalue weighted by molar-refractivity contribution is 5.28. The Labute approximate surface area is 108 Å². The molecule has 4 nitrogen and oxygen atoms in total. The van der Waals surface area contributed by atoms with E-state index in [1.807, 2.05) is 43.0 Å². The van der Waals surface area contributed by atoms with Gasteiger partial charge in [-0.15, -0.1) is 0 Å². The van der Waals surface area contributed by atoms with Gasteiger partial charge in [0.2, 0.25) is 0 Å². The van der Waals surface area contributed by atoms with Crippen LogP contribution >= 0.6 is 0 Å². The third kappa shape index (κ3) is 3.60. The Bertz CT molecular complexity index is 493. The molecule has 1 aromatic carbocycles. The first-order chi connectivity index (χ1) is 8.78. The molecule has 1 N–H and O–H groups in total. The third-order valence-corrected chi connectivity index (χ3v) is 2.61. The van der Waals surface area contributed by atoms with Gasteiger partial charge in [0.1, 0.15) is 5.75 Å². The Balaban J connectivity index is 1.84. The smallest absolute Gasteiger partial charge is 0.119 e. The molecule has 0 bridgehead atoms. The summed E-state index contributed by atoms with van der Waals surface area (Å²) in [5, 5.41) is 7.69. The van der Waals surface area contributed by atoms with E-state index in [4.69, 9.17) is 4.74 Å². The highest BCUT2D eigenvalue weighted by Crippen LogP contribution is 2.13. The van der Waals surface area contributed by atoms with Gasteiger partial charge >= 0.3 is 0 Å². The maximum atomic E-state index is 5.47. The summed E-state index contributed by atoms with van der Waals surface area (Å²) in [6, 6.07) is 10.2. The maximum absolute atomic E-state index is 5.47. The second-order valence-corrected chi connectivity index (χ2v) is 4.16. The van der Waals surface area contributed by atoms with Gasteiger partial charge in [0.05, 0.1) is 12.3 Å². The predicted molar refractivity (Wildman–Crippen MR) is 71.4 cm³/mol. The molecule has 0 amide bonds. The topological polar surface area (TPSA) is 39.1 Å². The molecule has 1 heterocycles. The fourth-order valence-electron chi connectivity index (χ4n) is 1.80. The van der Waals surface area contributed by atoms with Crippen LogP contribution in [0.15, 0.2) is 36.5 Å². The van der Waals surface area contributed by atoms with Crippen molar-refractivity contribution in [3.63, 3.8) is 0 Å². The average molecular weight is 245 g/mol. The monoisotopic (exact) mass is 245 g/mol. The first kappa shape index (κ1) is 12.6. The van der Waals surface area contributed by atoms with E-state index in [2.05, 4.69) is 22.5 Å². The van der Waals surface area contributed by atoms with Gasteiger partial charge in [-0.2, -0.15) is 5.10 Å². The first-order valence-electron chi connectivity index (χ1n) is 6.19. The molecule has 2 aromatic rings. The minimum atomic E-state index is 0.699. The van der Waals surface area contributed by atoms with Crippen molar-refractivity contribution in [2.75, 3.05) is 6.61 Å². The van der Waals surface area contributed by atoms with Gasteiger partial charge < -0.3 is 10.1 Å². The first-order valence-corrected chi connectivity index (χ1v) is 6.19. The molecule has 0 aliphatic heterocycles. The van der Waals surface area contributed by atoms with Crippen LogP contribution in [-0.2, 0) is 20.1 Å². The normalized spacial score (nSPS) is 10.6. The lowest BCUT2D eigenvalue weighted by molar-refractivity contribution is 0.340. The predicted octanol–water partition coefficient (Wildman–Crippen LogP) is 2.11. The minimum Gasteiger partial charge on any atom is -0.494 e. The summed E-state index contributed by atoms with van der Waals surface area (Å²) < 4.78 is 7.28. The summed E-state index contributed by atoms with van der Waals surface area (Å²) in [5.74, 6) is 0.926. The van der Waals surface area contributed by atoms with Crippen molar-refractivity contribution in [2.45, 2.75) is 20.0 Å². The number of nitrogens with zero attached hydrogens (tertiary/aromatic N) is 2. The quantitative estimate of drug-likeness (QED) is 0.847. The van der Waals surface area contributed by atoms with E-state index < -0.39 is 0 Å². The van der Waals surface area contributed by atoms with Crippen molar-refractivity contribution in [1.82, 2.24) is 15.1 Å². The molecule has 1 aromatic heterocycles. The molecule has 0 radical (unpaired) electrons. The maximum Gasteiger partial charge on any atom is 0.119 e. The van der Waals surface area contributed by atoms with E-state index in [-0.39, 0.29) is 0 Å². The van der Waals surface area contributed by atoms with E-state index in [9.17, 15) is 0 Å². The zero-order chi connectivity index (χ0) is 12.8. The third-order valence-electron chi connectivity index (χ3n) is 2.61. The van der Waals surface area contributed by atoms with Gasteiger partial charge in [-0.25, -0.2) is 0 Å². The van der Waals surface area contributed by atoms with Crippen molar-refractivity contribution in [3.05, 3.63) is 47.8 Å². The Morgan fingerprint density at radius 1 is 1.28 bits per heavy atom. The molecule has 0 aliphatic carbocycles. The van der Waals surface area contributed by atoms with Crippen molar-refractivity contribution in [3.8, 4) is 5.75 Å². The number of aryl methyl sites for hydroxylation is 1. The van der Waals surface area contributed by atoms with Crippen molar-refractivity contribution < 1.29 is 4.74 Å². The van der Waals surface area contributed by atoms with E-state index >= 15 is 0 Å². The summed E-state index contributed by atoms with van der Waals surface area (Å²) in [4.78, 5) is 0. The van der Waals surface area contributed by atoms with E-state index in [0.717, 1.165) is 24.5 Å². The molecular formula is C14H19N3O. The zero-order valence-electron chi connectivity index (χ0n) is 10.9. The summed E-state index contributed by atoms with van der Waals surface area (Å²) in [7, 11) is 1.93. The fourth-order valence-corrected chi connectivity index (χ4v) is 1.80. The van der Waals surface area contributed by atoms with E-state index in [1.165, 1.54) is 5.56 Å². The number of aromatic nitrogens is 2. The highest BCUT2D eigenvalue weighted by Gasteiger charge is 1.98. The molecule has 18 heavy (non-hydrogen) atoms. The molecule has 0 unspecified atom stereocenters. The Morgan fingerprint density at radius 3 is 2.89 bits per heavy atom. The van der Waals surface area contributed by atoms with Gasteiger partial charge in [-0.05, 0) is 30.7 Å². The molecule has 0 atom stereocenters. The molecule has 0 aliphatic rings. The van der Waals surface area contributed by atoms with Gasteiger partial charge in [-0.3, -0.25) is 4.68 Å². The zero-order valence-corrected chi connectivity index (χ0v) is 10.9. The molecule has 0 fully saturated rings. The lowest BCUT2D eigenvalue weighted by atomic mass is 10.2. The standard InChI is InChI=1S/C14H19N3O/c1-3-18-14-6-4-5-12(9-14)10-15-11-13-7-8-17(2)16-13/h4-9,15H,3,10-11H2,1-2H3. The number of nitrogens with one attached hydrogen (secondary N) is 1. The fraction of sp³-hybridized carbons (Fsp3) is 0.357. The van der Waals surface area contributed by atoms with Gasteiger partial charge in [0, 0.05) is 26.3 Å². The van der Waals surface area contributed by atoms with Crippen molar-refractivity contribution in [2.24, 2.45) is 7.05 Å². The van der Waals surface area contributed by atoms with Crippen molar-refractivity contribution in [1.29, 1.82) is 0 Å². The second kappa shape index (κ2) is 6.21. The van der Waals surface area contributed by atoms with Crippen LogP contribution < -0.4 is 10.1 Å². The minimum absolute atomic E-state index is 0.699. The molecular weight excluding hydrogens is 226 g/mol. The summed E-state index contributed by atoms with van der Waals surface area (Å²) >= 11 is 0. The Morgan fingerprint density at radius 2 is 2.17 bits per heavy atom. The number of rotatable bonds is 6. The Kier molecular flexibility index (Phi) is 4.36. The number of hydrogen-bond donors (Lipinski definition) is 1. The van der Waals surface area contributed by atoms with Gasteiger partial charge in [0.15, 0.2) is 0 Å². The lowest BCUT2D eigenvalue weighted by Gasteiger charge is -2.06. The lowest BCUT2D eigenvalue weighted by Crippen LogP contribution is -2.13. The number of ether oxygens (including phenoxy) is 1. The van der Waals surface area contributed by atoms with Crippen LogP contribution in [0.4, 0.5) is 0 Å². The van der Waals surface area contributed by atoms with Gasteiger partial charge in [-0.1, -0.05) is 12.1 Å².